The molecular formula is C14H11N3O4S. The van der Waals surface area contributed by atoms with Crippen LogP contribution in [-0.4, -0.2) is 27.6 Å². The molecule has 0 aromatic carbocycles. The van der Waals surface area contributed by atoms with Crippen molar-refractivity contribution in [3.8, 4) is 5.69 Å². The molecule has 0 aliphatic heterocycles. The Hall–Kier alpha value is -2.74. The zero-order valence-electron chi connectivity index (χ0n) is 11.7. The zero-order chi connectivity index (χ0) is 15.9. The Balaban J connectivity index is 2.31. The number of nitrogens with zero attached hydrogens (tertiary/aromatic N) is 2. The molecule has 3 aromatic rings. The SMILES string of the molecule is COC(=O)c1cc(-n2c(=O)[nH]c3scc(C)c3c2=O)ccn1. The Labute approximate surface area is 127 Å². The number of hydrogen-bond donors (Lipinski definition) is 1. The third-order valence-corrected chi connectivity index (χ3v) is 4.23. The van der Waals surface area contributed by atoms with Gasteiger partial charge in [0, 0.05) is 6.20 Å². The number of pyridine rings is 1. The zero-order valence-corrected chi connectivity index (χ0v) is 12.6. The van der Waals surface area contributed by atoms with Crippen LogP contribution in [0.1, 0.15) is 16.1 Å². The van der Waals surface area contributed by atoms with Crippen molar-refractivity contribution in [2.24, 2.45) is 0 Å². The molecule has 8 heteroatoms. The van der Waals surface area contributed by atoms with E-state index in [-0.39, 0.29) is 11.4 Å². The number of ether oxygens (including phenoxy) is 1. The van der Waals surface area contributed by atoms with E-state index in [9.17, 15) is 14.4 Å². The van der Waals surface area contributed by atoms with Crippen molar-refractivity contribution < 1.29 is 9.53 Å². The Morgan fingerprint density at radius 2 is 2.18 bits per heavy atom. The number of rotatable bonds is 2. The van der Waals surface area contributed by atoms with E-state index < -0.39 is 17.2 Å². The van der Waals surface area contributed by atoms with Gasteiger partial charge in [-0.3, -0.25) is 9.78 Å². The normalized spacial score (nSPS) is 10.8. The fourth-order valence-electron chi connectivity index (χ4n) is 2.17. The summed E-state index contributed by atoms with van der Waals surface area (Å²) in [6.07, 6.45) is 1.35. The summed E-state index contributed by atoms with van der Waals surface area (Å²) in [6, 6.07) is 2.83. The summed E-state index contributed by atoms with van der Waals surface area (Å²) in [5, 5.41) is 2.26. The molecule has 0 radical (unpaired) electrons. The summed E-state index contributed by atoms with van der Waals surface area (Å²) >= 11 is 1.30. The first-order chi connectivity index (χ1) is 10.5. The molecule has 3 aromatic heterocycles. The second kappa shape index (κ2) is 5.23. The number of aromatic nitrogens is 3. The van der Waals surface area contributed by atoms with Gasteiger partial charge in [0.1, 0.15) is 10.5 Å². The van der Waals surface area contributed by atoms with E-state index >= 15 is 0 Å². The molecule has 0 saturated carbocycles. The van der Waals surface area contributed by atoms with Crippen LogP contribution in [0.4, 0.5) is 0 Å². The Bertz CT molecular complexity index is 999. The average molecular weight is 317 g/mol. The number of carbonyl (C=O) groups excluding carboxylic acids is 1. The lowest BCUT2D eigenvalue weighted by Crippen LogP contribution is -2.33. The van der Waals surface area contributed by atoms with Gasteiger partial charge >= 0.3 is 11.7 Å². The highest BCUT2D eigenvalue weighted by Crippen LogP contribution is 2.19. The molecule has 22 heavy (non-hydrogen) atoms. The van der Waals surface area contributed by atoms with Gasteiger partial charge in [0.05, 0.1) is 18.2 Å². The third-order valence-electron chi connectivity index (χ3n) is 3.21. The number of esters is 1. The number of aromatic amines is 1. The van der Waals surface area contributed by atoms with E-state index in [2.05, 4.69) is 14.7 Å². The van der Waals surface area contributed by atoms with E-state index in [4.69, 9.17) is 0 Å². The maximum atomic E-state index is 12.6. The largest absolute Gasteiger partial charge is 0.464 e. The molecule has 0 atom stereocenters. The molecule has 0 aliphatic rings. The van der Waals surface area contributed by atoms with Crippen molar-refractivity contribution in [1.29, 1.82) is 0 Å². The van der Waals surface area contributed by atoms with Crippen LogP contribution in [0.2, 0.25) is 0 Å². The molecule has 0 unspecified atom stereocenters. The number of methoxy groups -OCH3 is 1. The van der Waals surface area contributed by atoms with Crippen molar-refractivity contribution >= 4 is 27.5 Å². The number of carbonyl (C=O) groups is 1. The Kier molecular flexibility index (Phi) is 3.38. The summed E-state index contributed by atoms with van der Waals surface area (Å²) in [5.41, 5.74) is 0.0701. The minimum atomic E-state index is -0.640. The van der Waals surface area contributed by atoms with Crippen LogP contribution < -0.4 is 11.2 Å². The van der Waals surface area contributed by atoms with Gasteiger partial charge in [-0.15, -0.1) is 11.3 Å². The van der Waals surface area contributed by atoms with E-state index in [1.807, 2.05) is 0 Å². The lowest BCUT2D eigenvalue weighted by molar-refractivity contribution is 0.0594. The van der Waals surface area contributed by atoms with E-state index in [1.165, 1.54) is 36.8 Å². The van der Waals surface area contributed by atoms with Gasteiger partial charge in [-0.25, -0.2) is 19.1 Å². The first kappa shape index (κ1) is 14.2. The predicted octanol–water partition coefficient (Wildman–Crippen LogP) is 1.23. The van der Waals surface area contributed by atoms with Gasteiger partial charge < -0.3 is 4.74 Å². The molecule has 112 valence electrons. The number of H-pyrrole nitrogens is 1. The molecule has 7 nitrogen and oxygen atoms in total. The smallest absolute Gasteiger partial charge is 0.356 e. The molecule has 0 bridgehead atoms. The minimum absolute atomic E-state index is 0.0217. The highest BCUT2D eigenvalue weighted by atomic mass is 32.1. The fourth-order valence-corrected chi connectivity index (χ4v) is 3.09. The highest BCUT2D eigenvalue weighted by molar-refractivity contribution is 7.16. The van der Waals surface area contributed by atoms with Crippen LogP contribution in [0.25, 0.3) is 15.9 Å². The van der Waals surface area contributed by atoms with E-state index in [1.54, 1.807) is 12.3 Å². The lowest BCUT2D eigenvalue weighted by atomic mass is 10.2. The van der Waals surface area contributed by atoms with Gasteiger partial charge in [-0.1, -0.05) is 0 Å². The first-order valence-corrected chi connectivity index (χ1v) is 7.18. The topological polar surface area (TPSA) is 94.0 Å². The second-order valence-corrected chi connectivity index (χ2v) is 5.46. The van der Waals surface area contributed by atoms with Gasteiger partial charge in [-0.2, -0.15) is 0 Å². The van der Waals surface area contributed by atoms with Crippen molar-refractivity contribution in [1.82, 2.24) is 14.5 Å². The summed E-state index contributed by atoms with van der Waals surface area (Å²) in [4.78, 5) is 43.4. The van der Waals surface area contributed by atoms with Crippen LogP contribution in [-0.2, 0) is 4.74 Å². The molecule has 0 saturated heterocycles. The monoisotopic (exact) mass is 317 g/mol. The van der Waals surface area contributed by atoms with Gasteiger partial charge in [0.15, 0.2) is 0 Å². The van der Waals surface area contributed by atoms with E-state index in [0.717, 1.165) is 10.1 Å². The van der Waals surface area contributed by atoms with Crippen molar-refractivity contribution in [3.63, 3.8) is 0 Å². The summed E-state index contributed by atoms with van der Waals surface area (Å²) in [5.74, 6) is -0.640. The van der Waals surface area contributed by atoms with Crippen LogP contribution in [0, 0.1) is 6.92 Å². The number of hydrogen-bond acceptors (Lipinski definition) is 6. The average Bonchev–Trinajstić information content (AvgIpc) is 2.88. The quantitative estimate of drug-likeness (QED) is 0.717. The minimum Gasteiger partial charge on any atom is -0.464 e. The molecule has 0 aliphatic carbocycles. The third kappa shape index (κ3) is 2.13. The number of thiophene rings is 1. The standard InChI is InChI=1S/C14H11N3O4S/c1-7-6-22-11-10(7)12(18)17(14(20)16-11)8-3-4-15-9(5-8)13(19)21-2/h3-6H,1-2H3,(H,16,20). The van der Waals surface area contributed by atoms with Crippen LogP contribution in [0.15, 0.2) is 33.3 Å². The molecule has 1 N–H and O–H groups in total. The first-order valence-electron chi connectivity index (χ1n) is 6.31. The van der Waals surface area contributed by atoms with Gasteiger partial charge in [0.2, 0.25) is 0 Å². The molecule has 0 fully saturated rings. The molecular weight excluding hydrogens is 306 g/mol. The summed E-state index contributed by atoms with van der Waals surface area (Å²) in [7, 11) is 1.23. The predicted molar refractivity (Wildman–Crippen MR) is 81.9 cm³/mol. The van der Waals surface area contributed by atoms with Crippen LogP contribution >= 0.6 is 11.3 Å². The van der Waals surface area contributed by atoms with E-state index in [0.29, 0.717) is 10.2 Å². The van der Waals surface area contributed by atoms with Crippen LogP contribution in [0.5, 0.6) is 0 Å². The van der Waals surface area contributed by atoms with Crippen LogP contribution in [0.3, 0.4) is 0 Å². The Morgan fingerprint density at radius 3 is 2.91 bits per heavy atom. The summed E-state index contributed by atoms with van der Waals surface area (Å²) in [6.45, 7) is 1.80. The van der Waals surface area contributed by atoms with Crippen molar-refractivity contribution in [3.05, 3.63) is 55.8 Å². The molecule has 0 spiro atoms. The van der Waals surface area contributed by atoms with Crippen molar-refractivity contribution in [2.45, 2.75) is 6.92 Å². The molecule has 3 rings (SSSR count). The van der Waals surface area contributed by atoms with Gasteiger partial charge in [-0.05, 0) is 30.0 Å². The maximum Gasteiger partial charge on any atom is 0.356 e. The molecule has 3 heterocycles. The number of fused-ring (bicyclic) bond motifs is 1. The second-order valence-electron chi connectivity index (χ2n) is 4.58. The highest BCUT2D eigenvalue weighted by Gasteiger charge is 2.15. The van der Waals surface area contributed by atoms with Crippen molar-refractivity contribution in [2.75, 3.05) is 7.11 Å². The number of nitrogens with one attached hydrogen (secondary N) is 1. The summed E-state index contributed by atoms with van der Waals surface area (Å²) < 4.78 is 5.57. The lowest BCUT2D eigenvalue weighted by Gasteiger charge is -2.06. The number of aryl methyl sites for hydroxylation is 1. The van der Waals surface area contributed by atoms with Gasteiger partial charge in [0.25, 0.3) is 5.56 Å². The molecule has 0 amide bonds. The fraction of sp³-hybridized carbons (Fsp3) is 0.143. The Morgan fingerprint density at radius 1 is 1.41 bits per heavy atom. The maximum absolute atomic E-state index is 12.6.